The lowest BCUT2D eigenvalue weighted by molar-refractivity contribution is -0.0203. The van der Waals surface area contributed by atoms with Crippen LogP contribution in [0.4, 0.5) is 0 Å². The van der Waals surface area contributed by atoms with Crippen molar-refractivity contribution in [2.75, 3.05) is 0 Å². The lowest BCUT2D eigenvalue weighted by atomic mass is 9.96. The summed E-state index contributed by atoms with van der Waals surface area (Å²) < 4.78 is 6.25. The number of phenols is 1. The molecule has 1 N–H and O–H groups in total. The van der Waals surface area contributed by atoms with Gasteiger partial charge in [0.2, 0.25) is 6.23 Å². The van der Waals surface area contributed by atoms with Gasteiger partial charge in [-0.25, -0.2) is 5.01 Å². The van der Waals surface area contributed by atoms with Crippen molar-refractivity contribution in [2.45, 2.75) is 18.7 Å². The zero-order valence-electron chi connectivity index (χ0n) is 15.0. The van der Waals surface area contributed by atoms with Crippen molar-refractivity contribution in [2.24, 2.45) is 5.10 Å². The van der Waals surface area contributed by atoms with Crippen molar-refractivity contribution in [1.29, 1.82) is 0 Å². The van der Waals surface area contributed by atoms with E-state index in [1.54, 1.807) is 24.3 Å². The Labute approximate surface area is 182 Å². The van der Waals surface area contributed by atoms with Crippen LogP contribution in [0.2, 0.25) is 15.1 Å². The molecule has 29 heavy (non-hydrogen) atoms. The quantitative estimate of drug-likeness (QED) is 0.483. The fraction of sp³-hybridized carbons (Fsp3) is 0.136. The lowest BCUT2D eigenvalue weighted by Crippen LogP contribution is -2.33. The maximum Gasteiger partial charge on any atom is 0.217 e. The number of phenolic OH excluding ortho intramolecular Hbond substituents is 1. The number of halogens is 3. The summed E-state index contributed by atoms with van der Waals surface area (Å²) in [7, 11) is 0. The lowest BCUT2D eigenvalue weighted by Gasteiger charge is -2.38. The molecule has 3 aromatic rings. The molecular formula is C22H15Cl3N2O2. The normalized spacial score (nSPS) is 20.0. The summed E-state index contributed by atoms with van der Waals surface area (Å²) in [5.41, 5.74) is 3.42. The first-order valence-corrected chi connectivity index (χ1v) is 10.2. The molecule has 5 rings (SSSR count). The van der Waals surface area contributed by atoms with E-state index in [1.807, 2.05) is 41.4 Å². The number of rotatable bonds is 2. The highest BCUT2D eigenvalue weighted by Gasteiger charge is 2.42. The van der Waals surface area contributed by atoms with Crippen LogP contribution < -0.4 is 4.74 Å². The molecule has 146 valence electrons. The Morgan fingerprint density at radius 1 is 0.862 bits per heavy atom. The standard InChI is InChI=1S/C22H15Cl3N2O2/c23-13-3-1-12(2-4-13)18-11-19-16-9-15(25)6-8-21(16)29-22(27(19)26-18)17-10-14(24)5-7-20(17)28/h1-10,19,22,28H,11H2/t19-,22-/m0/s1. The number of fused-ring (bicyclic) bond motifs is 3. The fourth-order valence-electron chi connectivity index (χ4n) is 3.80. The Balaban J connectivity index is 1.63. The van der Waals surface area contributed by atoms with Gasteiger partial charge in [-0.3, -0.25) is 0 Å². The van der Waals surface area contributed by atoms with Crippen LogP contribution in [-0.4, -0.2) is 15.8 Å². The van der Waals surface area contributed by atoms with Gasteiger partial charge in [-0.15, -0.1) is 0 Å². The molecule has 2 aliphatic rings. The van der Waals surface area contributed by atoms with E-state index in [2.05, 4.69) is 0 Å². The molecular weight excluding hydrogens is 431 g/mol. The van der Waals surface area contributed by atoms with Crippen LogP contribution in [-0.2, 0) is 0 Å². The van der Waals surface area contributed by atoms with Gasteiger partial charge in [0.1, 0.15) is 11.5 Å². The molecule has 0 bridgehead atoms. The van der Waals surface area contributed by atoms with Gasteiger partial charge in [0.05, 0.1) is 17.3 Å². The van der Waals surface area contributed by atoms with Gasteiger partial charge in [-0.2, -0.15) is 5.10 Å². The number of nitrogens with zero attached hydrogens (tertiary/aromatic N) is 2. The SMILES string of the molecule is Oc1ccc(Cl)cc1[C@@H]1Oc2ccc(Cl)cc2[C@@H]2CC(c3ccc(Cl)cc3)=NN21. The average Bonchev–Trinajstić information content (AvgIpc) is 3.16. The third-order valence-corrected chi connectivity index (χ3v) is 5.91. The number of ether oxygens (including phenoxy) is 1. The van der Waals surface area contributed by atoms with Gasteiger partial charge in [-0.05, 0) is 54.1 Å². The van der Waals surface area contributed by atoms with Gasteiger partial charge in [-0.1, -0.05) is 46.9 Å². The van der Waals surface area contributed by atoms with Gasteiger partial charge >= 0.3 is 0 Å². The summed E-state index contributed by atoms with van der Waals surface area (Å²) >= 11 is 18.5. The first kappa shape index (κ1) is 18.6. The van der Waals surface area contributed by atoms with E-state index in [0.717, 1.165) is 16.8 Å². The summed E-state index contributed by atoms with van der Waals surface area (Å²) in [6.07, 6.45) is 0.0630. The van der Waals surface area contributed by atoms with E-state index in [1.165, 1.54) is 0 Å². The summed E-state index contributed by atoms with van der Waals surface area (Å²) in [6.45, 7) is 0. The van der Waals surface area contributed by atoms with E-state index in [9.17, 15) is 5.11 Å². The zero-order valence-corrected chi connectivity index (χ0v) is 17.3. The Morgan fingerprint density at radius 3 is 2.28 bits per heavy atom. The summed E-state index contributed by atoms with van der Waals surface area (Å²) in [6, 6.07) is 18.0. The second-order valence-electron chi connectivity index (χ2n) is 7.01. The first-order valence-electron chi connectivity index (χ1n) is 9.06. The van der Waals surface area contributed by atoms with Crippen LogP contribution in [0.15, 0.2) is 65.8 Å². The van der Waals surface area contributed by atoms with Crippen molar-refractivity contribution in [3.63, 3.8) is 0 Å². The minimum Gasteiger partial charge on any atom is -0.507 e. The Bertz CT molecular complexity index is 1130. The van der Waals surface area contributed by atoms with E-state index >= 15 is 0 Å². The number of hydrazone groups is 1. The highest BCUT2D eigenvalue weighted by atomic mass is 35.5. The molecule has 0 saturated carbocycles. The van der Waals surface area contributed by atoms with Crippen LogP contribution in [0.3, 0.4) is 0 Å². The molecule has 3 aromatic carbocycles. The molecule has 0 radical (unpaired) electrons. The van der Waals surface area contributed by atoms with E-state index in [0.29, 0.717) is 32.8 Å². The maximum atomic E-state index is 10.5. The monoisotopic (exact) mass is 444 g/mol. The molecule has 2 aliphatic heterocycles. The van der Waals surface area contributed by atoms with E-state index in [-0.39, 0.29) is 11.8 Å². The Hall–Kier alpha value is -2.40. The zero-order chi connectivity index (χ0) is 20.1. The van der Waals surface area contributed by atoms with Crippen LogP contribution in [0.5, 0.6) is 11.5 Å². The van der Waals surface area contributed by atoms with Crippen LogP contribution in [0, 0.1) is 0 Å². The van der Waals surface area contributed by atoms with Gasteiger partial charge in [0.15, 0.2) is 0 Å². The van der Waals surface area contributed by atoms with Crippen LogP contribution in [0.25, 0.3) is 0 Å². The van der Waals surface area contributed by atoms with Gasteiger partial charge < -0.3 is 9.84 Å². The van der Waals surface area contributed by atoms with Crippen molar-refractivity contribution in [3.8, 4) is 11.5 Å². The second kappa shape index (κ2) is 7.13. The minimum absolute atomic E-state index is 0.0773. The maximum absolute atomic E-state index is 10.5. The van der Waals surface area contributed by atoms with Gasteiger partial charge in [0.25, 0.3) is 0 Å². The number of hydrogen-bond acceptors (Lipinski definition) is 4. The molecule has 0 fully saturated rings. The highest BCUT2D eigenvalue weighted by Crippen LogP contribution is 2.49. The van der Waals surface area contributed by atoms with Crippen molar-refractivity contribution in [3.05, 3.63) is 92.4 Å². The molecule has 4 nitrogen and oxygen atoms in total. The minimum atomic E-state index is -0.614. The summed E-state index contributed by atoms with van der Waals surface area (Å²) in [4.78, 5) is 0. The molecule has 0 saturated heterocycles. The molecule has 7 heteroatoms. The topological polar surface area (TPSA) is 45.1 Å². The number of benzene rings is 3. The summed E-state index contributed by atoms with van der Waals surface area (Å²) in [5.74, 6) is 0.818. The molecule has 2 heterocycles. The predicted molar refractivity (Wildman–Crippen MR) is 115 cm³/mol. The van der Waals surface area contributed by atoms with E-state index < -0.39 is 6.23 Å². The van der Waals surface area contributed by atoms with Crippen molar-refractivity contribution >= 4 is 40.5 Å². The van der Waals surface area contributed by atoms with Crippen molar-refractivity contribution in [1.82, 2.24) is 5.01 Å². The highest BCUT2D eigenvalue weighted by molar-refractivity contribution is 6.31. The molecule has 0 aromatic heterocycles. The summed E-state index contributed by atoms with van der Waals surface area (Å²) in [5, 5.41) is 19.0. The molecule has 2 atom stereocenters. The third kappa shape index (κ3) is 3.31. The van der Waals surface area contributed by atoms with Crippen LogP contribution >= 0.6 is 34.8 Å². The predicted octanol–water partition coefficient (Wildman–Crippen LogP) is 6.59. The molecule has 0 spiro atoms. The molecule has 0 unspecified atom stereocenters. The smallest absolute Gasteiger partial charge is 0.217 e. The second-order valence-corrected chi connectivity index (χ2v) is 8.32. The first-order chi connectivity index (χ1) is 14.0. The average molecular weight is 446 g/mol. The van der Waals surface area contributed by atoms with Gasteiger partial charge in [0, 0.05) is 27.1 Å². The van der Waals surface area contributed by atoms with E-state index in [4.69, 9.17) is 44.6 Å². The number of hydrogen-bond donors (Lipinski definition) is 1. The molecule has 0 amide bonds. The van der Waals surface area contributed by atoms with Crippen molar-refractivity contribution < 1.29 is 9.84 Å². The van der Waals surface area contributed by atoms with Crippen LogP contribution in [0.1, 0.15) is 35.4 Å². The number of aromatic hydroxyl groups is 1. The molecule has 0 aliphatic carbocycles. The largest absolute Gasteiger partial charge is 0.507 e. The fourth-order valence-corrected chi connectivity index (χ4v) is 4.29. The third-order valence-electron chi connectivity index (χ3n) is 5.18. The Morgan fingerprint density at radius 2 is 1.52 bits per heavy atom. The Kier molecular flexibility index (Phi) is 4.58.